The van der Waals surface area contributed by atoms with Gasteiger partial charge in [-0.2, -0.15) is 10.6 Å². The fourth-order valence-electron chi connectivity index (χ4n) is 4.43. The molecule has 0 radical (unpaired) electrons. The summed E-state index contributed by atoms with van der Waals surface area (Å²) in [5, 5.41) is 2.65. The van der Waals surface area contributed by atoms with Crippen molar-refractivity contribution in [2.75, 3.05) is 38.3 Å². The first-order chi connectivity index (χ1) is 15.5. The van der Waals surface area contributed by atoms with Gasteiger partial charge in [-0.15, -0.1) is 0 Å². The van der Waals surface area contributed by atoms with Crippen molar-refractivity contribution in [3.05, 3.63) is 47.7 Å². The molecule has 5 N–H and O–H groups in total. The van der Waals surface area contributed by atoms with Crippen LogP contribution in [0.25, 0.3) is 0 Å². The summed E-state index contributed by atoms with van der Waals surface area (Å²) in [6, 6.07) is 4.02. The summed E-state index contributed by atoms with van der Waals surface area (Å²) in [7, 11) is 0.0721. The Bertz CT molecular complexity index is 1110. The minimum Gasteiger partial charge on any atom is -0.480 e. The zero-order valence-corrected chi connectivity index (χ0v) is 19.4. The van der Waals surface area contributed by atoms with Gasteiger partial charge in [-0.05, 0) is 38.6 Å². The summed E-state index contributed by atoms with van der Waals surface area (Å²) in [4.78, 5) is 27.0. The second-order valence-corrected chi connectivity index (χ2v) is 11.1. The molecule has 0 bridgehead atoms. The van der Waals surface area contributed by atoms with Gasteiger partial charge in [-0.1, -0.05) is 0 Å². The third kappa shape index (κ3) is 4.03. The maximum Gasteiger partial charge on any atom is 0.275 e. The SMILES string of the molecule is COc1cnc(C(=O)Nc2ccc(F)c([C@]3(C)CS(O)(O)C4(CCN(C)C4)C(N)=N3)c2)cn1. The number of nitrogens with zero attached hydrogens (tertiary/aromatic N) is 4. The number of carbonyl (C=O) groups excluding carboxylic acids is 1. The van der Waals surface area contributed by atoms with Crippen LogP contribution in [0.1, 0.15) is 29.4 Å². The standard InChI is InChI=1S/C21H27FN6O4S/c1-20(12-33(30,31)21(19(23)27-20)6-7-28(2)11-21)14-8-13(4-5-15(14)22)26-18(29)16-9-25-17(32-3)10-24-16/h4-5,8-10,30-31H,6-7,11-12H2,1-3H3,(H2,23,27)(H,26,29)/t20-,21?/m0/s1. The van der Waals surface area contributed by atoms with Gasteiger partial charge in [0.2, 0.25) is 5.88 Å². The van der Waals surface area contributed by atoms with Crippen LogP contribution in [0, 0.1) is 5.82 Å². The van der Waals surface area contributed by atoms with E-state index in [2.05, 4.69) is 20.3 Å². The summed E-state index contributed by atoms with van der Waals surface area (Å²) >= 11 is 0. The summed E-state index contributed by atoms with van der Waals surface area (Å²) in [6.45, 7) is 2.65. The van der Waals surface area contributed by atoms with Crippen LogP contribution in [0.3, 0.4) is 0 Å². The van der Waals surface area contributed by atoms with Gasteiger partial charge in [0.05, 0.1) is 25.3 Å². The van der Waals surface area contributed by atoms with Crippen molar-refractivity contribution in [2.45, 2.75) is 23.6 Å². The number of benzene rings is 1. The molecule has 178 valence electrons. The molecule has 0 aliphatic carbocycles. The van der Waals surface area contributed by atoms with Crippen LogP contribution in [-0.2, 0) is 5.54 Å². The molecule has 2 aromatic rings. The molecular formula is C21H27FN6O4S. The molecule has 2 aliphatic heterocycles. The number of carbonyl (C=O) groups is 1. The molecule has 1 aromatic carbocycles. The zero-order chi connectivity index (χ0) is 24.0. The number of aromatic nitrogens is 2. The van der Waals surface area contributed by atoms with E-state index in [9.17, 15) is 18.3 Å². The predicted molar refractivity (Wildman–Crippen MR) is 124 cm³/mol. The van der Waals surface area contributed by atoms with Crippen molar-refractivity contribution in [1.29, 1.82) is 0 Å². The van der Waals surface area contributed by atoms with Gasteiger partial charge in [-0.25, -0.2) is 14.4 Å². The van der Waals surface area contributed by atoms with Crippen molar-refractivity contribution in [1.82, 2.24) is 14.9 Å². The molecule has 4 rings (SSSR count). The highest BCUT2D eigenvalue weighted by Gasteiger charge is 2.57. The molecule has 1 spiro atoms. The molecule has 2 atom stereocenters. The van der Waals surface area contributed by atoms with Crippen molar-refractivity contribution < 1.29 is 23.0 Å². The number of aliphatic imine (C=N–C) groups is 1. The van der Waals surface area contributed by atoms with Gasteiger partial charge in [0.25, 0.3) is 5.91 Å². The van der Waals surface area contributed by atoms with Crippen LogP contribution < -0.4 is 15.8 Å². The lowest BCUT2D eigenvalue weighted by atomic mass is 9.92. The Balaban J connectivity index is 1.65. The minimum absolute atomic E-state index is 0.0503. The largest absolute Gasteiger partial charge is 0.480 e. The van der Waals surface area contributed by atoms with E-state index >= 15 is 0 Å². The van der Waals surface area contributed by atoms with Crippen molar-refractivity contribution in [3.8, 4) is 5.88 Å². The highest BCUT2D eigenvalue weighted by molar-refractivity contribution is 8.26. The Hall–Kier alpha value is -2.80. The fraction of sp³-hybridized carbons (Fsp3) is 0.429. The molecule has 33 heavy (non-hydrogen) atoms. The number of anilines is 1. The van der Waals surface area contributed by atoms with E-state index in [1.807, 2.05) is 11.9 Å². The molecule has 1 unspecified atom stereocenters. The Morgan fingerprint density at radius 1 is 1.33 bits per heavy atom. The second kappa shape index (κ2) is 8.20. The molecule has 1 amide bonds. The minimum atomic E-state index is -3.24. The molecule has 3 heterocycles. The number of rotatable bonds is 4. The molecule has 2 aliphatic rings. The molecule has 1 saturated heterocycles. The number of likely N-dealkylation sites (tertiary alicyclic amines) is 1. The van der Waals surface area contributed by atoms with Gasteiger partial charge < -0.3 is 20.7 Å². The lowest BCUT2D eigenvalue weighted by molar-refractivity contribution is 0.102. The van der Waals surface area contributed by atoms with Gasteiger partial charge >= 0.3 is 0 Å². The second-order valence-electron chi connectivity index (χ2n) is 8.66. The first-order valence-electron chi connectivity index (χ1n) is 10.3. The van der Waals surface area contributed by atoms with Gasteiger partial charge in [-0.3, -0.25) is 18.9 Å². The lowest BCUT2D eigenvalue weighted by Crippen LogP contribution is -2.56. The summed E-state index contributed by atoms with van der Waals surface area (Å²) in [5.74, 6) is -0.931. The topological polar surface area (TPSA) is 146 Å². The number of methoxy groups -OCH3 is 1. The Morgan fingerprint density at radius 3 is 2.67 bits per heavy atom. The van der Waals surface area contributed by atoms with E-state index in [1.54, 1.807) is 6.92 Å². The summed E-state index contributed by atoms with van der Waals surface area (Å²) in [5.41, 5.74) is 5.43. The van der Waals surface area contributed by atoms with E-state index < -0.39 is 32.6 Å². The van der Waals surface area contributed by atoms with Crippen molar-refractivity contribution in [2.24, 2.45) is 10.7 Å². The first kappa shape index (κ1) is 23.4. The molecule has 12 heteroatoms. The van der Waals surface area contributed by atoms with Crippen LogP contribution >= 0.6 is 10.6 Å². The van der Waals surface area contributed by atoms with Crippen molar-refractivity contribution >= 4 is 28.0 Å². The summed E-state index contributed by atoms with van der Waals surface area (Å²) in [6.07, 6.45) is 3.05. The van der Waals surface area contributed by atoms with Crippen LogP contribution in [0.4, 0.5) is 10.1 Å². The third-order valence-corrected chi connectivity index (χ3v) is 9.00. The van der Waals surface area contributed by atoms with Crippen LogP contribution in [0.15, 0.2) is 35.6 Å². The van der Waals surface area contributed by atoms with E-state index in [-0.39, 0.29) is 28.7 Å². The maximum absolute atomic E-state index is 14.9. The highest BCUT2D eigenvalue weighted by atomic mass is 32.3. The van der Waals surface area contributed by atoms with Gasteiger partial charge in [0.1, 0.15) is 27.6 Å². The average molecular weight is 479 g/mol. The number of amidine groups is 1. The van der Waals surface area contributed by atoms with E-state index in [0.717, 1.165) is 0 Å². The monoisotopic (exact) mass is 478 g/mol. The number of nitrogens with two attached hydrogens (primary N) is 1. The van der Waals surface area contributed by atoms with E-state index in [1.165, 1.54) is 37.7 Å². The molecule has 1 aromatic heterocycles. The predicted octanol–water partition coefficient (Wildman–Crippen LogP) is 2.29. The lowest BCUT2D eigenvalue weighted by Gasteiger charge is -2.54. The quantitative estimate of drug-likeness (QED) is 0.524. The number of nitrogens with one attached hydrogen (secondary N) is 1. The van der Waals surface area contributed by atoms with Crippen LogP contribution in [-0.4, -0.2) is 73.5 Å². The number of ether oxygens (including phenoxy) is 1. The average Bonchev–Trinajstić information content (AvgIpc) is 3.17. The first-order valence-corrected chi connectivity index (χ1v) is 12.0. The molecule has 0 saturated carbocycles. The zero-order valence-electron chi connectivity index (χ0n) is 18.6. The van der Waals surface area contributed by atoms with E-state index in [4.69, 9.17) is 10.5 Å². The van der Waals surface area contributed by atoms with Gasteiger partial charge in [0.15, 0.2) is 0 Å². The Labute approximate surface area is 192 Å². The third-order valence-electron chi connectivity index (χ3n) is 6.24. The molecular weight excluding hydrogens is 451 g/mol. The highest BCUT2D eigenvalue weighted by Crippen LogP contribution is 2.62. The summed E-state index contributed by atoms with van der Waals surface area (Å²) < 4.78 is 41.1. The number of hydrogen-bond donors (Lipinski definition) is 4. The molecule has 1 fully saturated rings. The van der Waals surface area contributed by atoms with Crippen LogP contribution in [0.2, 0.25) is 0 Å². The Morgan fingerprint density at radius 2 is 2.09 bits per heavy atom. The van der Waals surface area contributed by atoms with Crippen LogP contribution in [0.5, 0.6) is 5.88 Å². The van der Waals surface area contributed by atoms with Gasteiger partial charge in [0, 0.05) is 24.3 Å². The number of halogens is 1. The smallest absolute Gasteiger partial charge is 0.275 e. The maximum atomic E-state index is 14.9. The molecule has 10 nitrogen and oxygen atoms in total. The fourth-order valence-corrected chi connectivity index (χ4v) is 6.93. The normalized spacial score (nSPS) is 27.8. The number of hydrogen-bond acceptors (Lipinski definition) is 9. The van der Waals surface area contributed by atoms with Crippen molar-refractivity contribution in [3.63, 3.8) is 0 Å². The number of amides is 1. The Kier molecular flexibility index (Phi) is 5.81. The van der Waals surface area contributed by atoms with E-state index in [0.29, 0.717) is 25.2 Å².